The van der Waals surface area contributed by atoms with E-state index >= 15 is 0 Å². The molecule has 0 fully saturated rings. The number of nitrogens with two attached hydrogens (primary N) is 1. The lowest BCUT2D eigenvalue weighted by molar-refractivity contribution is -0.122. The number of rotatable bonds is 5. The van der Waals surface area contributed by atoms with Gasteiger partial charge in [-0.05, 0) is 12.8 Å². The van der Waals surface area contributed by atoms with E-state index in [4.69, 9.17) is 5.73 Å². The third-order valence-corrected chi connectivity index (χ3v) is 2.47. The Bertz CT molecular complexity index is 133. The number of hydrogen-bond donors (Lipinski definition) is 2. The minimum atomic E-state index is -0.174. The summed E-state index contributed by atoms with van der Waals surface area (Å²) in [4.78, 5) is 11.1. The lowest BCUT2D eigenvalue weighted by atomic mass is 9.93. The predicted molar refractivity (Wildman–Crippen MR) is 50.8 cm³/mol. The van der Waals surface area contributed by atoms with Crippen LogP contribution in [-0.4, -0.2) is 18.0 Å². The summed E-state index contributed by atoms with van der Waals surface area (Å²) in [6.07, 6.45) is 2.32. The maximum atomic E-state index is 11.1. The highest BCUT2D eigenvalue weighted by molar-refractivity contribution is 5.76. The van der Waals surface area contributed by atoms with E-state index in [0.29, 0.717) is 13.0 Å². The van der Waals surface area contributed by atoms with Crippen LogP contribution < -0.4 is 11.1 Å². The van der Waals surface area contributed by atoms with Crippen LogP contribution in [0.4, 0.5) is 0 Å². The molecule has 0 aromatic carbocycles. The van der Waals surface area contributed by atoms with E-state index in [1.54, 1.807) is 0 Å². The maximum absolute atomic E-state index is 11.1. The zero-order valence-corrected chi connectivity index (χ0v) is 8.31. The van der Waals surface area contributed by atoms with Gasteiger partial charge in [0.2, 0.25) is 5.91 Å². The fraction of sp³-hybridized carbons (Fsp3) is 0.889. The highest BCUT2D eigenvalue weighted by Gasteiger charge is 2.25. The Morgan fingerprint density at radius 1 is 1.33 bits per heavy atom. The summed E-state index contributed by atoms with van der Waals surface area (Å²) in [5.41, 5.74) is 5.44. The first kappa shape index (κ1) is 11.4. The average Bonchev–Trinajstić information content (AvgIpc) is 2.14. The molecule has 12 heavy (non-hydrogen) atoms. The normalized spacial score (nSPS) is 11.3. The van der Waals surface area contributed by atoms with E-state index < -0.39 is 0 Å². The SMILES string of the molecule is CCC(=O)NC(CC)(CC)CN. The summed E-state index contributed by atoms with van der Waals surface area (Å²) < 4.78 is 0. The van der Waals surface area contributed by atoms with Gasteiger partial charge in [-0.15, -0.1) is 0 Å². The summed E-state index contributed by atoms with van der Waals surface area (Å²) >= 11 is 0. The second kappa shape index (κ2) is 5.14. The first-order valence-corrected chi connectivity index (χ1v) is 4.65. The number of carbonyl (C=O) groups is 1. The molecule has 3 heteroatoms. The Labute approximate surface area is 74.7 Å². The molecular weight excluding hydrogens is 152 g/mol. The number of hydrogen-bond acceptors (Lipinski definition) is 2. The summed E-state index contributed by atoms with van der Waals surface area (Å²) in [5, 5.41) is 2.97. The third-order valence-electron chi connectivity index (χ3n) is 2.47. The van der Waals surface area contributed by atoms with E-state index in [-0.39, 0.29) is 11.4 Å². The van der Waals surface area contributed by atoms with Gasteiger partial charge in [0.1, 0.15) is 0 Å². The topological polar surface area (TPSA) is 55.1 Å². The van der Waals surface area contributed by atoms with Crippen molar-refractivity contribution < 1.29 is 4.79 Å². The molecule has 0 atom stereocenters. The van der Waals surface area contributed by atoms with Gasteiger partial charge < -0.3 is 11.1 Å². The van der Waals surface area contributed by atoms with Crippen molar-refractivity contribution in [1.29, 1.82) is 0 Å². The molecule has 0 unspecified atom stereocenters. The van der Waals surface area contributed by atoms with Crippen LogP contribution in [0.5, 0.6) is 0 Å². The van der Waals surface area contributed by atoms with E-state index in [9.17, 15) is 4.79 Å². The van der Waals surface area contributed by atoms with Crippen LogP contribution in [0.1, 0.15) is 40.0 Å². The van der Waals surface area contributed by atoms with Crippen molar-refractivity contribution in [3.63, 3.8) is 0 Å². The highest BCUT2D eigenvalue weighted by Crippen LogP contribution is 2.12. The number of carbonyl (C=O) groups excluding carboxylic acids is 1. The molecule has 0 bridgehead atoms. The van der Waals surface area contributed by atoms with Crippen molar-refractivity contribution in [3.05, 3.63) is 0 Å². The first-order valence-electron chi connectivity index (χ1n) is 4.65. The number of amides is 1. The minimum Gasteiger partial charge on any atom is -0.349 e. The Morgan fingerprint density at radius 3 is 2.08 bits per heavy atom. The van der Waals surface area contributed by atoms with Crippen molar-refractivity contribution in [3.8, 4) is 0 Å². The monoisotopic (exact) mass is 172 g/mol. The van der Waals surface area contributed by atoms with Gasteiger partial charge in [-0.3, -0.25) is 4.79 Å². The van der Waals surface area contributed by atoms with Crippen LogP contribution in [0.25, 0.3) is 0 Å². The molecule has 0 radical (unpaired) electrons. The Morgan fingerprint density at radius 2 is 1.83 bits per heavy atom. The lowest BCUT2D eigenvalue weighted by Crippen LogP contribution is -2.52. The van der Waals surface area contributed by atoms with Gasteiger partial charge in [0, 0.05) is 13.0 Å². The Balaban J connectivity index is 4.19. The zero-order valence-electron chi connectivity index (χ0n) is 8.31. The van der Waals surface area contributed by atoms with E-state index in [2.05, 4.69) is 5.32 Å². The van der Waals surface area contributed by atoms with Gasteiger partial charge in [-0.1, -0.05) is 20.8 Å². The molecular formula is C9H20N2O. The maximum Gasteiger partial charge on any atom is 0.220 e. The zero-order chi connectivity index (χ0) is 9.61. The number of nitrogens with one attached hydrogen (secondary N) is 1. The molecule has 72 valence electrons. The van der Waals surface area contributed by atoms with Crippen LogP contribution in [0.2, 0.25) is 0 Å². The quantitative estimate of drug-likeness (QED) is 0.650. The summed E-state index contributed by atoms with van der Waals surface area (Å²) in [5.74, 6) is 0.0872. The van der Waals surface area contributed by atoms with Gasteiger partial charge in [0.15, 0.2) is 0 Å². The van der Waals surface area contributed by atoms with Crippen molar-refractivity contribution >= 4 is 5.91 Å². The van der Waals surface area contributed by atoms with Gasteiger partial charge in [0.25, 0.3) is 0 Å². The van der Waals surface area contributed by atoms with Crippen LogP contribution in [0.3, 0.4) is 0 Å². The molecule has 3 N–H and O–H groups in total. The molecule has 0 aromatic heterocycles. The van der Waals surface area contributed by atoms with Crippen molar-refractivity contribution in [2.75, 3.05) is 6.54 Å². The van der Waals surface area contributed by atoms with Gasteiger partial charge in [0.05, 0.1) is 5.54 Å². The second-order valence-electron chi connectivity index (χ2n) is 3.09. The van der Waals surface area contributed by atoms with Gasteiger partial charge in [-0.2, -0.15) is 0 Å². The third kappa shape index (κ3) is 2.81. The van der Waals surface area contributed by atoms with Crippen LogP contribution in [0.15, 0.2) is 0 Å². The predicted octanol–water partition coefficient (Wildman–Crippen LogP) is 1.03. The van der Waals surface area contributed by atoms with Crippen molar-refractivity contribution in [1.82, 2.24) is 5.32 Å². The second-order valence-corrected chi connectivity index (χ2v) is 3.09. The van der Waals surface area contributed by atoms with Crippen LogP contribution in [-0.2, 0) is 4.79 Å². The van der Waals surface area contributed by atoms with Crippen molar-refractivity contribution in [2.24, 2.45) is 5.73 Å². The molecule has 0 spiro atoms. The van der Waals surface area contributed by atoms with E-state index in [1.807, 2.05) is 20.8 Å². The van der Waals surface area contributed by atoms with E-state index in [1.165, 1.54) is 0 Å². The minimum absolute atomic E-state index is 0.0872. The fourth-order valence-corrected chi connectivity index (χ4v) is 1.15. The first-order chi connectivity index (χ1) is 5.64. The molecule has 0 saturated heterocycles. The van der Waals surface area contributed by atoms with Gasteiger partial charge >= 0.3 is 0 Å². The Hall–Kier alpha value is -0.570. The van der Waals surface area contributed by atoms with Crippen LogP contribution in [0, 0.1) is 0 Å². The molecule has 0 aliphatic heterocycles. The molecule has 1 amide bonds. The average molecular weight is 172 g/mol. The smallest absolute Gasteiger partial charge is 0.220 e. The fourth-order valence-electron chi connectivity index (χ4n) is 1.15. The highest BCUT2D eigenvalue weighted by atomic mass is 16.1. The molecule has 0 aromatic rings. The molecule has 0 heterocycles. The van der Waals surface area contributed by atoms with Gasteiger partial charge in [-0.25, -0.2) is 0 Å². The summed E-state index contributed by atoms with van der Waals surface area (Å²) in [7, 11) is 0. The molecule has 3 nitrogen and oxygen atoms in total. The Kier molecular flexibility index (Phi) is 4.90. The molecule has 0 aliphatic carbocycles. The molecule has 0 saturated carbocycles. The molecule has 0 aliphatic rings. The standard InChI is InChI=1S/C9H20N2O/c1-4-8(12)11-9(5-2,6-3)7-10/h4-7,10H2,1-3H3,(H,11,12). The largest absolute Gasteiger partial charge is 0.349 e. The lowest BCUT2D eigenvalue weighted by Gasteiger charge is -2.31. The summed E-state index contributed by atoms with van der Waals surface area (Å²) in [6.45, 7) is 6.46. The summed E-state index contributed by atoms with van der Waals surface area (Å²) in [6, 6.07) is 0. The van der Waals surface area contributed by atoms with Crippen LogP contribution >= 0.6 is 0 Å². The molecule has 0 rings (SSSR count). The van der Waals surface area contributed by atoms with E-state index in [0.717, 1.165) is 12.8 Å². The van der Waals surface area contributed by atoms with Crippen molar-refractivity contribution in [2.45, 2.75) is 45.6 Å².